The predicted molar refractivity (Wildman–Crippen MR) is 128 cm³/mol. The second-order valence-electron chi connectivity index (χ2n) is 6.69. The van der Waals surface area contributed by atoms with Crippen LogP contribution < -0.4 is 15.4 Å². The average Bonchev–Trinajstić information content (AvgIpc) is 2.70. The third-order valence-electron chi connectivity index (χ3n) is 4.42. The summed E-state index contributed by atoms with van der Waals surface area (Å²) < 4.78 is 20.0. The molecule has 0 aliphatic heterocycles. The first-order valence-corrected chi connectivity index (χ1v) is 11.0. The highest BCUT2D eigenvalue weighted by Gasteiger charge is 2.20. The Morgan fingerprint density at radius 2 is 1.78 bits per heavy atom. The van der Waals surface area contributed by atoms with E-state index in [4.69, 9.17) is 39.5 Å². The lowest BCUT2D eigenvalue weighted by Gasteiger charge is -2.17. The molecule has 0 bridgehead atoms. The van der Waals surface area contributed by atoms with E-state index in [1.54, 1.807) is 38.1 Å². The van der Waals surface area contributed by atoms with Gasteiger partial charge in [0.1, 0.15) is 17.3 Å². The largest absolute Gasteiger partial charge is 0.454 e. The molecule has 0 aromatic heterocycles. The van der Waals surface area contributed by atoms with Crippen LogP contribution in [0.25, 0.3) is 0 Å². The van der Waals surface area contributed by atoms with Crippen LogP contribution in [0.5, 0.6) is 11.5 Å². The van der Waals surface area contributed by atoms with Gasteiger partial charge < -0.3 is 10.1 Å². The van der Waals surface area contributed by atoms with E-state index in [-0.39, 0.29) is 15.1 Å². The maximum atomic E-state index is 14.0. The predicted octanol–water partition coefficient (Wildman–Crippen LogP) is 7.92. The summed E-state index contributed by atoms with van der Waals surface area (Å²) in [5.41, 5.74) is 1.16. The number of amides is 3. The number of benzene rings is 3. The average molecular weight is 561 g/mol. The van der Waals surface area contributed by atoms with Crippen LogP contribution in [-0.2, 0) is 0 Å². The van der Waals surface area contributed by atoms with Gasteiger partial charge in [-0.2, -0.15) is 0 Å². The number of urea groups is 1. The number of nitrogens with one attached hydrogen (secondary N) is 2. The van der Waals surface area contributed by atoms with E-state index in [0.29, 0.717) is 38.4 Å². The molecule has 0 aliphatic carbocycles. The number of carbonyl (C=O) groups is 2. The molecule has 0 fully saturated rings. The molecule has 166 valence electrons. The third-order valence-corrected chi connectivity index (χ3v) is 6.07. The Morgan fingerprint density at radius 3 is 2.44 bits per heavy atom. The van der Waals surface area contributed by atoms with Crippen molar-refractivity contribution in [1.29, 1.82) is 0 Å². The number of imide groups is 1. The van der Waals surface area contributed by atoms with Crippen LogP contribution in [0.4, 0.5) is 14.9 Å². The normalized spacial score (nSPS) is 10.6. The molecule has 2 N–H and O–H groups in total. The van der Waals surface area contributed by atoms with Crippen LogP contribution in [-0.4, -0.2) is 11.9 Å². The second kappa shape index (κ2) is 10.1. The molecule has 3 rings (SSSR count). The fourth-order valence-electron chi connectivity index (χ4n) is 2.81. The molecule has 0 spiro atoms. The molecule has 0 saturated heterocycles. The minimum Gasteiger partial charge on any atom is -0.454 e. The number of rotatable bonds is 4. The summed E-state index contributed by atoms with van der Waals surface area (Å²) in [6.07, 6.45) is 0. The summed E-state index contributed by atoms with van der Waals surface area (Å²) in [6, 6.07) is 9.62. The zero-order valence-corrected chi connectivity index (χ0v) is 20.5. The van der Waals surface area contributed by atoms with Crippen molar-refractivity contribution in [2.24, 2.45) is 0 Å². The number of hydrogen-bond donors (Lipinski definition) is 2. The number of ether oxygens (including phenoxy) is 1. The van der Waals surface area contributed by atoms with Crippen molar-refractivity contribution in [2.75, 3.05) is 5.32 Å². The van der Waals surface area contributed by atoms with Crippen molar-refractivity contribution in [3.05, 3.63) is 84.5 Å². The van der Waals surface area contributed by atoms with E-state index in [1.165, 1.54) is 12.1 Å². The van der Waals surface area contributed by atoms with Crippen LogP contribution in [0.15, 0.2) is 46.9 Å². The van der Waals surface area contributed by atoms with E-state index >= 15 is 0 Å². The molecule has 3 aromatic rings. The van der Waals surface area contributed by atoms with Gasteiger partial charge in [-0.3, -0.25) is 10.1 Å². The number of aryl methyl sites for hydroxylation is 1. The van der Waals surface area contributed by atoms with Crippen LogP contribution in [0, 0.1) is 19.7 Å². The zero-order valence-electron chi connectivity index (χ0n) is 16.7. The van der Waals surface area contributed by atoms with Gasteiger partial charge in [0.2, 0.25) is 0 Å². The molecular formula is C22H15BrCl3FN2O3. The topological polar surface area (TPSA) is 67.4 Å². The van der Waals surface area contributed by atoms with E-state index in [9.17, 15) is 14.0 Å². The summed E-state index contributed by atoms with van der Waals surface area (Å²) >= 11 is 21.6. The summed E-state index contributed by atoms with van der Waals surface area (Å²) in [4.78, 5) is 24.7. The first kappa shape index (κ1) is 24.3. The highest BCUT2D eigenvalue weighted by Crippen LogP contribution is 2.41. The number of halogens is 5. The lowest BCUT2D eigenvalue weighted by atomic mass is 10.1. The van der Waals surface area contributed by atoms with Gasteiger partial charge in [-0.05, 0) is 77.3 Å². The smallest absolute Gasteiger partial charge is 0.326 e. The third kappa shape index (κ3) is 5.35. The van der Waals surface area contributed by atoms with Crippen molar-refractivity contribution < 1.29 is 18.7 Å². The van der Waals surface area contributed by atoms with Crippen molar-refractivity contribution in [3.8, 4) is 11.5 Å². The summed E-state index contributed by atoms with van der Waals surface area (Å²) in [5.74, 6) is -0.946. The van der Waals surface area contributed by atoms with Crippen molar-refractivity contribution >= 4 is 68.4 Å². The van der Waals surface area contributed by atoms with E-state index in [1.807, 2.05) is 0 Å². The fourth-order valence-corrected chi connectivity index (χ4v) is 4.07. The molecule has 0 heterocycles. The molecule has 10 heteroatoms. The van der Waals surface area contributed by atoms with E-state index in [0.717, 1.165) is 6.07 Å². The van der Waals surface area contributed by atoms with Crippen molar-refractivity contribution in [2.45, 2.75) is 13.8 Å². The van der Waals surface area contributed by atoms with Crippen LogP contribution in [0.1, 0.15) is 21.5 Å². The quantitative estimate of drug-likeness (QED) is 0.341. The number of hydrogen-bond acceptors (Lipinski definition) is 3. The Kier molecular flexibility index (Phi) is 7.67. The van der Waals surface area contributed by atoms with Crippen molar-refractivity contribution in [3.63, 3.8) is 0 Å². The van der Waals surface area contributed by atoms with Gasteiger partial charge in [0.25, 0.3) is 5.91 Å². The molecule has 3 aromatic carbocycles. The molecule has 5 nitrogen and oxygen atoms in total. The standard InChI is InChI=1S/C22H15BrCl3FN2O3/c1-10-8-16(28-22(31)29-21(30)18-13(23)4-3-5-15(18)27)11(2)19(26)20(10)32-17-7-6-12(24)9-14(17)25/h3-9H,1-2H3,(H2,28,29,30,31). The highest BCUT2D eigenvalue weighted by molar-refractivity contribution is 9.10. The highest BCUT2D eigenvalue weighted by atomic mass is 79.9. The van der Waals surface area contributed by atoms with E-state index in [2.05, 4.69) is 26.6 Å². The summed E-state index contributed by atoms with van der Waals surface area (Å²) in [7, 11) is 0. The van der Waals surface area contributed by atoms with Crippen LogP contribution >= 0.6 is 50.7 Å². The molecule has 0 saturated carbocycles. The Balaban J connectivity index is 1.80. The Labute approximate surface area is 206 Å². The maximum absolute atomic E-state index is 14.0. The molecule has 0 unspecified atom stereocenters. The van der Waals surface area contributed by atoms with E-state index < -0.39 is 17.8 Å². The Morgan fingerprint density at radius 1 is 1.06 bits per heavy atom. The molecule has 0 radical (unpaired) electrons. The second-order valence-corrected chi connectivity index (χ2v) is 8.77. The molecule has 32 heavy (non-hydrogen) atoms. The Hall–Kier alpha value is -2.32. The summed E-state index contributed by atoms with van der Waals surface area (Å²) in [6.45, 7) is 3.40. The zero-order chi connectivity index (χ0) is 23.6. The fraction of sp³-hybridized carbons (Fsp3) is 0.0909. The van der Waals surface area contributed by atoms with Gasteiger partial charge in [-0.15, -0.1) is 0 Å². The maximum Gasteiger partial charge on any atom is 0.326 e. The number of carbonyl (C=O) groups excluding carboxylic acids is 2. The first-order chi connectivity index (χ1) is 15.1. The van der Waals surface area contributed by atoms with Crippen molar-refractivity contribution in [1.82, 2.24) is 5.32 Å². The minimum atomic E-state index is -0.898. The summed E-state index contributed by atoms with van der Waals surface area (Å²) in [5, 5.41) is 5.66. The van der Waals surface area contributed by atoms with Gasteiger partial charge in [0.05, 0.1) is 15.6 Å². The SMILES string of the molecule is Cc1cc(NC(=O)NC(=O)c2c(F)cccc2Br)c(C)c(Cl)c1Oc1ccc(Cl)cc1Cl. The molecule has 0 aliphatic rings. The van der Waals surface area contributed by atoms with Gasteiger partial charge in [-0.1, -0.05) is 40.9 Å². The minimum absolute atomic E-state index is 0.222. The van der Waals surface area contributed by atoms with Gasteiger partial charge in [0, 0.05) is 15.2 Å². The van der Waals surface area contributed by atoms with Gasteiger partial charge >= 0.3 is 6.03 Å². The monoisotopic (exact) mass is 558 g/mol. The van der Waals surface area contributed by atoms with Crippen LogP contribution in [0.2, 0.25) is 15.1 Å². The molecular weight excluding hydrogens is 546 g/mol. The number of anilines is 1. The Bertz CT molecular complexity index is 1220. The lowest BCUT2D eigenvalue weighted by Crippen LogP contribution is -2.35. The molecule has 0 atom stereocenters. The first-order valence-electron chi connectivity index (χ1n) is 9.07. The molecule has 3 amide bonds. The van der Waals surface area contributed by atoms with Gasteiger partial charge in [-0.25, -0.2) is 9.18 Å². The lowest BCUT2D eigenvalue weighted by molar-refractivity contribution is 0.0962. The van der Waals surface area contributed by atoms with Crippen LogP contribution in [0.3, 0.4) is 0 Å². The van der Waals surface area contributed by atoms with Gasteiger partial charge in [0.15, 0.2) is 0 Å².